The van der Waals surface area contributed by atoms with Crippen molar-refractivity contribution in [1.29, 1.82) is 0 Å². The van der Waals surface area contributed by atoms with Gasteiger partial charge in [-0.25, -0.2) is 4.90 Å². The third-order valence-electron chi connectivity index (χ3n) is 3.08. The van der Waals surface area contributed by atoms with E-state index in [0.717, 1.165) is 16.7 Å². The van der Waals surface area contributed by atoms with Crippen LogP contribution in [0.1, 0.15) is 0 Å². The van der Waals surface area contributed by atoms with Gasteiger partial charge in [0.2, 0.25) is 0 Å². The van der Waals surface area contributed by atoms with Gasteiger partial charge in [-0.2, -0.15) is 0 Å². The molecular formula is C15H10Cl2N2O2S. The van der Waals surface area contributed by atoms with E-state index in [1.165, 1.54) is 0 Å². The zero-order valence-corrected chi connectivity index (χ0v) is 13.5. The Hall–Kier alpha value is -1.69. The van der Waals surface area contributed by atoms with E-state index < -0.39 is 5.37 Å². The largest absolute Gasteiger partial charge is 0.364 e. The minimum Gasteiger partial charge on any atom is -0.364 e. The molecule has 2 aromatic carbocycles. The number of halogens is 2. The Morgan fingerprint density at radius 1 is 1.05 bits per heavy atom. The van der Waals surface area contributed by atoms with Crippen LogP contribution in [0.5, 0.6) is 0 Å². The molecule has 0 aromatic heterocycles. The van der Waals surface area contributed by atoms with E-state index in [-0.39, 0.29) is 11.1 Å². The maximum atomic E-state index is 12.5. The van der Waals surface area contributed by atoms with E-state index in [1.54, 1.807) is 42.5 Å². The predicted molar refractivity (Wildman–Crippen MR) is 90.8 cm³/mol. The average Bonchev–Trinajstić information content (AvgIpc) is 2.78. The van der Waals surface area contributed by atoms with E-state index in [1.807, 2.05) is 6.07 Å². The number of hydrogen-bond acceptors (Lipinski definition) is 4. The SMILES string of the molecule is O=C1SC(Nc2cc(Cl)ccc2Cl)C(=O)N1c1ccccc1. The molecule has 4 nitrogen and oxygen atoms in total. The highest BCUT2D eigenvalue weighted by atomic mass is 35.5. The molecule has 3 rings (SSSR count). The summed E-state index contributed by atoms with van der Waals surface area (Å²) in [5.74, 6) is -0.336. The first-order valence-corrected chi connectivity index (χ1v) is 8.01. The number of carbonyl (C=O) groups excluding carboxylic acids is 2. The first-order chi connectivity index (χ1) is 10.6. The van der Waals surface area contributed by atoms with Gasteiger partial charge in [0.1, 0.15) is 0 Å². The van der Waals surface area contributed by atoms with E-state index >= 15 is 0 Å². The van der Waals surface area contributed by atoms with E-state index in [2.05, 4.69) is 5.32 Å². The predicted octanol–water partition coefficient (Wildman–Crippen LogP) is 4.63. The maximum absolute atomic E-state index is 12.5. The number of amides is 2. The zero-order valence-electron chi connectivity index (χ0n) is 11.1. The molecule has 1 aliphatic heterocycles. The van der Waals surface area contributed by atoms with Crippen LogP contribution < -0.4 is 10.2 Å². The lowest BCUT2D eigenvalue weighted by Crippen LogP contribution is -2.34. The van der Waals surface area contributed by atoms with Gasteiger partial charge in [-0.05, 0) is 42.1 Å². The fourth-order valence-corrected chi connectivity index (χ4v) is 3.30. The van der Waals surface area contributed by atoms with Gasteiger partial charge in [-0.15, -0.1) is 0 Å². The Morgan fingerprint density at radius 2 is 1.77 bits per heavy atom. The summed E-state index contributed by atoms with van der Waals surface area (Å²) >= 11 is 12.9. The molecule has 112 valence electrons. The Morgan fingerprint density at radius 3 is 2.50 bits per heavy atom. The van der Waals surface area contributed by atoms with Crippen LogP contribution >= 0.6 is 35.0 Å². The van der Waals surface area contributed by atoms with Crippen molar-refractivity contribution in [2.24, 2.45) is 0 Å². The number of anilines is 2. The quantitative estimate of drug-likeness (QED) is 0.874. The van der Waals surface area contributed by atoms with Crippen molar-refractivity contribution in [3.63, 3.8) is 0 Å². The summed E-state index contributed by atoms with van der Waals surface area (Å²) in [6, 6.07) is 13.7. The Labute approximate surface area is 141 Å². The number of thioether (sulfide) groups is 1. The molecule has 0 radical (unpaired) electrons. The highest BCUT2D eigenvalue weighted by Gasteiger charge is 2.40. The molecule has 1 fully saturated rings. The summed E-state index contributed by atoms with van der Waals surface area (Å²) < 4.78 is 0. The number of rotatable bonds is 3. The van der Waals surface area contributed by atoms with E-state index in [4.69, 9.17) is 23.2 Å². The summed E-state index contributed by atoms with van der Waals surface area (Å²) in [5, 5.41) is 2.83. The number of carbonyl (C=O) groups is 2. The molecule has 2 aromatic rings. The lowest BCUT2D eigenvalue weighted by atomic mass is 10.3. The molecule has 1 saturated heterocycles. The minimum atomic E-state index is -0.733. The van der Waals surface area contributed by atoms with Crippen LogP contribution in [0.4, 0.5) is 16.2 Å². The minimum absolute atomic E-state index is 0.327. The van der Waals surface area contributed by atoms with Gasteiger partial charge in [0.05, 0.1) is 16.4 Å². The standard InChI is InChI=1S/C15H10Cl2N2O2S/c16-9-6-7-11(17)12(8-9)18-13-14(20)19(15(21)22-13)10-4-2-1-3-5-10/h1-8,13,18H. The zero-order chi connectivity index (χ0) is 15.7. The van der Waals surface area contributed by atoms with Crippen molar-refractivity contribution < 1.29 is 9.59 Å². The maximum Gasteiger partial charge on any atom is 0.295 e. The van der Waals surface area contributed by atoms with Gasteiger partial charge in [-0.3, -0.25) is 9.59 Å². The van der Waals surface area contributed by atoms with Gasteiger partial charge in [-0.1, -0.05) is 41.4 Å². The topological polar surface area (TPSA) is 49.4 Å². The van der Waals surface area contributed by atoms with Gasteiger partial charge < -0.3 is 5.32 Å². The van der Waals surface area contributed by atoms with Crippen LogP contribution in [0.25, 0.3) is 0 Å². The number of benzene rings is 2. The molecule has 1 unspecified atom stereocenters. The first-order valence-electron chi connectivity index (χ1n) is 6.37. The van der Waals surface area contributed by atoms with Gasteiger partial charge in [0.25, 0.3) is 11.1 Å². The number of hydrogen-bond donors (Lipinski definition) is 1. The van der Waals surface area contributed by atoms with Crippen molar-refractivity contribution in [1.82, 2.24) is 0 Å². The third-order valence-corrected chi connectivity index (χ3v) is 4.58. The van der Waals surface area contributed by atoms with Crippen LogP contribution in [0.15, 0.2) is 48.5 Å². The van der Waals surface area contributed by atoms with E-state index in [9.17, 15) is 9.59 Å². The van der Waals surface area contributed by atoms with Crippen molar-refractivity contribution in [3.05, 3.63) is 58.6 Å². The van der Waals surface area contributed by atoms with Crippen LogP contribution in [0, 0.1) is 0 Å². The van der Waals surface area contributed by atoms with E-state index in [0.29, 0.717) is 21.4 Å². The second-order valence-electron chi connectivity index (χ2n) is 4.54. The normalized spacial score (nSPS) is 17.9. The number of nitrogens with zero attached hydrogens (tertiary/aromatic N) is 1. The summed E-state index contributed by atoms with van der Waals surface area (Å²) in [7, 11) is 0. The molecule has 0 spiro atoms. The first kappa shape index (κ1) is 15.2. The van der Waals surface area contributed by atoms with Gasteiger partial charge >= 0.3 is 0 Å². The Balaban J connectivity index is 1.84. The molecule has 22 heavy (non-hydrogen) atoms. The second kappa shape index (κ2) is 6.20. The van der Waals surface area contributed by atoms with Crippen molar-refractivity contribution in [3.8, 4) is 0 Å². The number of para-hydroxylation sites is 1. The lowest BCUT2D eigenvalue weighted by Gasteiger charge is -2.15. The summed E-state index contributed by atoms with van der Waals surface area (Å²) in [5.41, 5.74) is 1.06. The van der Waals surface area contributed by atoms with Gasteiger partial charge in [0.15, 0.2) is 5.37 Å². The Kier molecular flexibility index (Phi) is 4.29. The molecule has 2 amide bonds. The van der Waals surface area contributed by atoms with Crippen LogP contribution in [0.3, 0.4) is 0 Å². The van der Waals surface area contributed by atoms with Crippen molar-refractivity contribution in [2.75, 3.05) is 10.2 Å². The average molecular weight is 353 g/mol. The number of imide groups is 1. The fraction of sp³-hybridized carbons (Fsp3) is 0.0667. The summed E-state index contributed by atoms with van der Waals surface area (Å²) in [6.07, 6.45) is 0. The lowest BCUT2D eigenvalue weighted by molar-refractivity contribution is -0.116. The van der Waals surface area contributed by atoms with Crippen LogP contribution in [-0.4, -0.2) is 16.5 Å². The molecule has 7 heteroatoms. The summed E-state index contributed by atoms with van der Waals surface area (Å²) in [4.78, 5) is 25.7. The monoisotopic (exact) mass is 352 g/mol. The van der Waals surface area contributed by atoms with Gasteiger partial charge in [0, 0.05) is 5.02 Å². The molecular weight excluding hydrogens is 343 g/mol. The molecule has 1 heterocycles. The second-order valence-corrected chi connectivity index (χ2v) is 6.44. The molecule has 1 atom stereocenters. The Bertz CT molecular complexity index is 740. The van der Waals surface area contributed by atoms with Crippen LogP contribution in [-0.2, 0) is 4.79 Å². The highest BCUT2D eigenvalue weighted by molar-refractivity contribution is 8.16. The molecule has 1 aliphatic rings. The fourth-order valence-electron chi connectivity index (χ4n) is 2.06. The molecule has 1 N–H and O–H groups in total. The molecule has 0 bridgehead atoms. The third kappa shape index (κ3) is 2.92. The van der Waals surface area contributed by atoms with Crippen molar-refractivity contribution in [2.45, 2.75) is 5.37 Å². The molecule has 0 saturated carbocycles. The molecule has 0 aliphatic carbocycles. The highest BCUT2D eigenvalue weighted by Crippen LogP contribution is 2.34. The number of nitrogens with one attached hydrogen (secondary N) is 1. The van der Waals surface area contributed by atoms with Crippen LogP contribution in [0.2, 0.25) is 10.0 Å². The van der Waals surface area contributed by atoms with Crippen molar-refractivity contribution >= 4 is 57.5 Å². The summed E-state index contributed by atoms with van der Waals surface area (Å²) in [6.45, 7) is 0. The smallest absolute Gasteiger partial charge is 0.295 e.